The maximum absolute atomic E-state index is 12.8. The number of benzene rings is 1. The lowest BCUT2D eigenvalue weighted by Crippen LogP contribution is -2.32. The van der Waals surface area contributed by atoms with Crippen molar-refractivity contribution in [3.63, 3.8) is 0 Å². The summed E-state index contributed by atoms with van der Waals surface area (Å²) in [6.45, 7) is 3.97. The number of amides is 2. The Labute approximate surface area is 195 Å². The molecule has 2 unspecified atom stereocenters. The number of hydrogen-bond donors (Lipinski definition) is 1. The lowest BCUT2D eigenvalue weighted by atomic mass is 10.0. The van der Waals surface area contributed by atoms with Gasteiger partial charge in [0.25, 0.3) is 5.91 Å². The minimum Gasteiger partial charge on any atom is -0.475 e. The van der Waals surface area contributed by atoms with Crippen LogP contribution in [0.1, 0.15) is 34.5 Å². The molecule has 1 aromatic carbocycles. The molecule has 2 heterocycles. The number of carbonyl (C=O) groups is 3. The second-order valence-corrected chi connectivity index (χ2v) is 8.78. The number of pyridine rings is 1. The van der Waals surface area contributed by atoms with Gasteiger partial charge in [-0.3, -0.25) is 14.6 Å². The lowest BCUT2D eigenvalue weighted by Gasteiger charge is -2.19. The first-order valence-corrected chi connectivity index (χ1v) is 10.7. The van der Waals surface area contributed by atoms with E-state index in [0.29, 0.717) is 13.1 Å². The number of aryl methyl sites for hydroxylation is 1. The third-order valence-corrected chi connectivity index (χ3v) is 6.20. The largest absolute Gasteiger partial charge is 0.490 e. The Balaban J connectivity index is 0.000000406. The van der Waals surface area contributed by atoms with Gasteiger partial charge >= 0.3 is 12.1 Å². The molecular formula is C24H26F3N3O4. The fraction of sp³-hybridized carbons (Fsp3) is 0.417. The first kappa shape index (κ1) is 25.2. The first-order chi connectivity index (χ1) is 15.9. The smallest absolute Gasteiger partial charge is 0.475 e. The van der Waals surface area contributed by atoms with Gasteiger partial charge in [-0.15, -0.1) is 0 Å². The molecule has 1 N–H and O–H groups in total. The first-order valence-electron chi connectivity index (χ1n) is 10.7. The van der Waals surface area contributed by atoms with Crippen LogP contribution in [0.4, 0.5) is 13.2 Å². The highest BCUT2D eigenvalue weighted by molar-refractivity contribution is 5.94. The van der Waals surface area contributed by atoms with Crippen LogP contribution in [-0.2, 0) is 16.1 Å². The fourth-order valence-electron chi connectivity index (χ4n) is 4.17. The van der Waals surface area contributed by atoms with Crippen LogP contribution in [0.3, 0.4) is 0 Å². The summed E-state index contributed by atoms with van der Waals surface area (Å²) < 4.78 is 31.7. The van der Waals surface area contributed by atoms with E-state index in [1.54, 1.807) is 11.1 Å². The second-order valence-electron chi connectivity index (χ2n) is 8.78. The van der Waals surface area contributed by atoms with Gasteiger partial charge in [0.1, 0.15) is 0 Å². The Morgan fingerprint density at radius 2 is 1.82 bits per heavy atom. The van der Waals surface area contributed by atoms with E-state index < -0.39 is 12.1 Å². The summed E-state index contributed by atoms with van der Waals surface area (Å²) in [6, 6.07) is 13.5. The molecule has 182 valence electrons. The second kappa shape index (κ2) is 9.82. The van der Waals surface area contributed by atoms with E-state index in [1.165, 1.54) is 0 Å². The highest BCUT2D eigenvalue weighted by Gasteiger charge is 2.61. The molecule has 1 saturated heterocycles. The molecule has 7 nitrogen and oxygen atoms in total. The van der Waals surface area contributed by atoms with Gasteiger partial charge in [-0.25, -0.2) is 4.79 Å². The van der Waals surface area contributed by atoms with Crippen molar-refractivity contribution in [2.45, 2.75) is 32.5 Å². The molecule has 4 rings (SSSR count). The van der Waals surface area contributed by atoms with E-state index in [9.17, 15) is 22.8 Å². The lowest BCUT2D eigenvalue weighted by molar-refractivity contribution is -0.192. The Kier molecular flexibility index (Phi) is 7.28. The van der Waals surface area contributed by atoms with Crippen molar-refractivity contribution in [2.75, 3.05) is 20.1 Å². The Bertz CT molecular complexity index is 1040. The van der Waals surface area contributed by atoms with E-state index >= 15 is 0 Å². The van der Waals surface area contributed by atoms with Gasteiger partial charge in [-0.2, -0.15) is 13.2 Å². The topological polar surface area (TPSA) is 90.8 Å². The van der Waals surface area contributed by atoms with Crippen molar-refractivity contribution in [1.82, 2.24) is 14.8 Å². The van der Waals surface area contributed by atoms with Gasteiger partial charge < -0.3 is 14.9 Å². The molecule has 1 aliphatic carbocycles. The van der Waals surface area contributed by atoms with Crippen molar-refractivity contribution in [1.29, 1.82) is 0 Å². The Morgan fingerprint density at radius 3 is 2.38 bits per heavy atom. The minimum absolute atomic E-state index is 0.0180. The van der Waals surface area contributed by atoms with Crippen LogP contribution in [0, 0.1) is 18.3 Å². The number of rotatable bonds is 4. The molecule has 2 atom stereocenters. The van der Waals surface area contributed by atoms with E-state index in [-0.39, 0.29) is 23.1 Å². The zero-order valence-electron chi connectivity index (χ0n) is 18.9. The molecular weight excluding hydrogens is 451 g/mol. The minimum atomic E-state index is -5.08. The van der Waals surface area contributed by atoms with Crippen molar-refractivity contribution >= 4 is 17.8 Å². The molecule has 1 spiro atoms. The maximum Gasteiger partial charge on any atom is 0.490 e. The maximum atomic E-state index is 12.8. The fourth-order valence-corrected chi connectivity index (χ4v) is 4.17. The molecule has 2 aromatic rings. The highest BCUT2D eigenvalue weighted by Crippen LogP contribution is 2.59. The third kappa shape index (κ3) is 5.92. The number of carboxylic acids is 1. The number of likely N-dealkylation sites (tertiary alicyclic amines) is 1. The zero-order valence-corrected chi connectivity index (χ0v) is 18.9. The average molecular weight is 477 g/mol. The Hall–Kier alpha value is -3.43. The van der Waals surface area contributed by atoms with Crippen LogP contribution in [0.2, 0.25) is 0 Å². The van der Waals surface area contributed by atoms with Gasteiger partial charge in [-0.05, 0) is 44.0 Å². The molecule has 2 amide bonds. The van der Waals surface area contributed by atoms with Crippen molar-refractivity contribution in [3.05, 3.63) is 65.5 Å². The normalized spacial score (nSPS) is 21.0. The number of halogens is 3. The quantitative estimate of drug-likeness (QED) is 0.728. The van der Waals surface area contributed by atoms with E-state index in [1.807, 2.05) is 61.3 Å². The molecule has 0 radical (unpaired) electrons. The number of aliphatic carboxylic acids is 1. The predicted octanol–water partition coefficient (Wildman–Crippen LogP) is 3.53. The molecule has 2 fully saturated rings. The highest BCUT2D eigenvalue weighted by atomic mass is 19.4. The summed E-state index contributed by atoms with van der Waals surface area (Å²) in [4.78, 5) is 42.5. The summed E-state index contributed by atoms with van der Waals surface area (Å²) in [5, 5.41) is 7.12. The summed E-state index contributed by atoms with van der Waals surface area (Å²) >= 11 is 0. The van der Waals surface area contributed by atoms with Crippen LogP contribution in [0.15, 0.2) is 48.7 Å². The number of alkyl halides is 3. The van der Waals surface area contributed by atoms with Gasteiger partial charge in [0.05, 0.1) is 12.2 Å². The summed E-state index contributed by atoms with van der Waals surface area (Å²) in [6.07, 6.45) is -1.54. The number of nitrogens with zero attached hydrogens (tertiary/aromatic N) is 3. The molecule has 1 saturated carbocycles. The number of carboxylic acid groups (broad SMARTS) is 1. The van der Waals surface area contributed by atoms with Crippen LogP contribution in [0.5, 0.6) is 0 Å². The van der Waals surface area contributed by atoms with Gasteiger partial charge in [-0.1, -0.05) is 23.8 Å². The number of carbonyl (C=O) groups excluding carboxylic acids is 2. The summed E-state index contributed by atoms with van der Waals surface area (Å²) in [5.41, 5.74) is 2.75. The molecule has 1 aromatic heterocycles. The zero-order chi connectivity index (χ0) is 25.1. The van der Waals surface area contributed by atoms with E-state index in [2.05, 4.69) is 4.98 Å². The number of hydrogen-bond acceptors (Lipinski definition) is 4. The SMILES string of the molecule is Cc1ccc(C(=O)N2CCC3(CC3C(=O)N(C)Cc3ccccn3)C2)cc1.O=C(O)C(F)(F)F. The monoisotopic (exact) mass is 477 g/mol. The van der Waals surface area contributed by atoms with E-state index in [0.717, 1.165) is 36.2 Å². The molecule has 0 bridgehead atoms. The van der Waals surface area contributed by atoms with Crippen LogP contribution < -0.4 is 0 Å². The number of aromatic nitrogens is 1. The summed E-state index contributed by atoms with van der Waals surface area (Å²) in [7, 11) is 1.84. The van der Waals surface area contributed by atoms with Crippen LogP contribution >= 0.6 is 0 Å². The molecule has 10 heteroatoms. The average Bonchev–Trinajstić information content (AvgIpc) is 3.32. The third-order valence-electron chi connectivity index (χ3n) is 6.20. The molecule has 1 aliphatic heterocycles. The predicted molar refractivity (Wildman–Crippen MR) is 117 cm³/mol. The van der Waals surface area contributed by atoms with Crippen LogP contribution in [0.25, 0.3) is 0 Å². The van der Waals surface area contributed by atoms with Crippen molar-refractivity contribution in [3.8, 4) is 0 Å². The van der Waals surface area contributed by atoms with Crippen LogP contribution in [-0.4, -0.2) is 64.0 Å². The van der Waals surface area contributed by atoms with Crippen molar-refractivity contribution in [2.24, 2.45) is 11.3 Å². The molecule has 2 aliphatic rings. The van der Waals surface area contributed by atoms with Crippen molar-refractivity contribution < 1.29 is 32.7 Å². The van der Waals surface area contributed by atoms with Gasteiger partial charge in [0, 0.05) is 43.2 Å². The Morgan fingerprint density at radius 1 is 1.18 bits per heavy atom. The summed E-state index contributed by atoms with van der Waals surface area (Å²) in [5.74, 6) is -2.48. The van der Waals surface area contributed by atoms with Gasteiger partial charge in [0.15, 0.2) is 0 Å². The van der Waals surface area contributed by atoms with Gasteiger partial charge in [0.2, 0.25) is 5.91 Å². The van der Waals surface area contributed by atoms with E-state index in [4.69, 9.17) is 9.90 Å². The molecule has 34 heavy (non-hydrogen) atoms. The standard InChI is InChI=1S/C22H25N3O2.C2HF3O2/c1-16-6-8-17(9-7-16)20(26)25-12-10-22(15-25)13-19(22)21(27)24(2)14-18-5-3-4-11-23-18;3-2(4,5)1(6)7/h3-9,11,19H,10,12-15H2,1-2H3;(H,6,7).